The maximum absolute atomic E-state index is 12.5. The number of amides is 1. The molecule has 0 spiro atoms. The largest absolute Gasteiger partial charge is 0.325 e. The highest BCUT2D eigenvalue weighted by molar-refractivity contribution is 8.13. The third kappa shape index (κ3) is 4.17. The molecule has 1 fully saturated rings. The molecule has 2 aromatic rings. The van der Waals surface area contributed by atoms with Crippen molar-refractivity contribution < 1.29 is 4.79 Å². The summed E-state index contributed by atoms with van der Waals surface area (Å²) in [6, 6.07) is 10.6. The van der Waals surface area contributed by atoms with E-state index < -0.39 is 0 Å². The van der Waals surface area contributed by atoms with Crippen molar-refractivity contribution in [3.8, 4) is 11.3 Å². The van der Waals surface area contributed by atoms with Gasteiger partial charge in [-0.15, -0.1) is 0 Å². The first-order chi connectivity index (χ1) is 16.1. The van der Waals surface area contributed by atoms with Crippen molar-refractivity contribution in [2.75, 3.05) is 25.9 Å². The Morgan fingerprint density at radius 2 is 1.82 bits per heavy atom. The van der Waals surface area contributed by atoms with E-state index in [1.54, 1.807) is 11.8 Å². The van der Waals surface area contributed by atoms with Crippen LogP contribution in [0.2, 0.25) is 0 Å². The molecule has 174 valence electrons. The fraction of sp³-hybridized carbons (Fsp3) is 0.500. The molecule has 0 radical (unpaired) electrons. The van der Waals surface area contributed by atoms with Gasteiger partial charge in [-0.1, -0.05) is 48.5 Å². The monoisotopic (exact) mass is 463 g/mol. The predicted molar refractivity (Wildman–Crippen MR) is 138 cm³/mol. The second kappa shape index (κ2) is 9.47. The molecule has 0 N–H and O–H groups in total. The molecule has 4 heterocycles. The van der Waals surface area contributed by atoms with Gasteiger partial charge in [-0.05, 0) is 70.1 Å². The third-order valence-corrected chi connectivity index (χ3v) is 7.67. The Hall–Kier alpha value is -2.38. The number of rotatable bonds is 5. The summed E-state index contributed by atoms with van der Waals surface area (Å²) in [5.41, 5.74) is 4.55. The van der Waals surface area contributed by atoms with Crippen LogP contribution in [0.4, 0.5) is 5.82 Å². The van der Waals surface area contributed by atoms with Gasteiger partial charge < -0.3 is 14.4 Å². The van der Waals surface area contributed by atoms with Crippen LogP contribution in [-0.4, -0.2) is 63.2 Å². The number of piperidine rings is 1. The summed E-state index contributed by atoms with van der Waals surface area (Å²) in [5, 5.41) is 0.927. The number of benzene rings is 1. The smallest absolute Gasteiger partial charge is 0.249 e. The Morgan fingerprint density at radius 3 is 2.55 bits per heavy atom. The number of carbonyl (C=O) groups is 1. The Kier molecular flexibility index (Phi) is 6.43. The molecule has 1 aromatic heterocycles. The van der Waals surface area contributed by atoms with Crippen LogP contribution < -0.4 is 0 Å². The van der Waals surface area contributed by atoms with E-state index >= 15 is 0 Å². The first-order valence-electron chi connectivity index (χ1n) is 12.1. The van der Waals surface area contributed by atoms with Gasteiger partial charge in [0, 0.05) is 19.0 Å². The number of amidine groups is 2. The quantitative estimate of drug-likeness (QED) is 0.621. The minimum atomic E-state index is -0.0411. The number of fused-ring (bicyclic) bond motifs is 3. The van der Waals surface area contributed by atoms with E-state index in [4.69, 9.17) is 4.99 Å². The molecule has 0 aliphatic carbocycles. The van der Waals surface area contributed by atoms with Crippen molar-refractivity contribution in [1.29, 1.82) is 0 Å². The molecule has 1 saturated heterocycles. The number of nitrogens with zero attached hydrogens (tertiary/aromatic N) is 5. The molecule has 1 amide bonds. The van der Waals surface area contributed by atoms with E-state index in [1.165, 1.54) is 43.6 Å². The second-order valence-electron chi connectivity index (χ2n) is 9.30. The van der Waals surface area contributed by atoms with E-state index in [2.05, 4.69) is 69.8 Å². The molecule has 7 heteroatoms. The van der Waals surface area contributed by atoms with Crippen LogP contribution in [0.1, 0.15) is 50.2 Å². The van der Waals surface area contributed by atoms with Gasteiger partial charge in [0.05, 0.1) is 11.3 Å². The minimum Gasteiger partial charge on any atom is -0.325 e. The molecule has 0 unspecified atom stereocenters. The van der Waals surface area contributed by atoms with Crippen molar-refractivity contribution in [3.05, 3.63) is 41.5 Å². The topological polar surface area (TPSA) is 53.2 Å². The predicted octanol–water partition coefficient (Wildman–Crippen LogP) is 5.07. The number of carbonyl (C=O) groups excluding carboxylic acids is 1. The van der Waals surface area contributed by atoms with Gasteiger partial charge in [0.1, 0.15) is 11.7 Å². The standard InChI is InChI=1S/C26H33N5OS/c1-18-17-21(32)27-25-22-19(2)23(20-11-6-4-7-12-20)30(24(22)28-26(33-3)31(18)25)16-10-15-29-13-8-5-9-14-29/h4,6-7,11-12,18H,5,8-10,13-17H2,1-3H3/t18-/m0/s1. The first-order valence-corrected chi connectivity index (χ1v) is 13.4. The molecule has 0 saturated carbocycles. The van der Waals surface area contributed by atoms with Crippen LogP contribution in [0, 0.1) is 6.92 Å². The lowest BCUT2D eigenvalue weighted by molar-refractivity contribution is -0.118. The van der Waals surface area contributed by atoms with Gasteiger partial charge in [-0.3, -0.25) is 4.79 Å². The SMILES string of the molecule is CSC1=Nc2c(c(C)c(-c3ccccc3)n2CCCN2CCCCC2)C2=NC(=O)C[C@H](C)N12. The molecule has 33 heavy (non-hydrogen) atoms. The zero-order valence-electron chi connectivity index (χ0n) is 19.9. The Morgan fingerprint density at radius 1 is 1.06 bits per heavy atom. The number of likely N-dealkylation sites (tertiary alicyclic amines) is 1. The van der Waals surface area contributed by atoms with Gasteiger partial charge in [-0.2, -0.15) is 4.99 Å². The van der Waals surface area contributed by atoms with Crippen molar-refractivity contribution >= 4 is 34.5 Å². The second-order valence-corrected chi connectivity index (χ2v) is 10.1. The summed E-state index contributed by atoms with van der Waals surface area (Å²) in [4.78, 5) is 26.9. The maximum Gasteiger partial charge on any atom is 0.249 e. The van der Waals surface area contributed by atoms with Crippen LogP contribution in [0.25, 0.3) is 11.3 Å². The summed E-state index contributed by atoms with van der Waals surface area (Å²) in [5.74, 6) is 1.68. The lowest BCUT2D eigenvalue weighted by Gasteiger charge is -2.37. The molecular formula is C26H33N5OS. The number of hydrogen-bond acceptors (Lipinski definition) is 5. The van der Waals surface area contributed by atoms with Gasteiger partial charge >= 0.3 is 0 Å². The molecule has 3 aliphatic heterocycles. The van der Waals surface area contributed by atoms with Gasteiger partial charge in [0.25, 0.3) is 0 Å². The van der Waals surface area contributed by atoms with E-state index in [0.29, 0.717) is 6.42 Å². The Labute approximate surface area is 200 Å². The van der Waals surface area contributed by atoms with Gasteiger partial charge in [0.2, 0.25) is 5.91 Å². The van der Waals surface area contributed by atoms with E-state index in [0.717, 1.165) is 47.5 Å². The Balaban J connectivity index is 1.60. The highest BCUT2D eigenvalue weighted by Gasteiger charge is 2.38. The number of aromatic nitrogens is 1. The van der Waals surface area contributed by atoms with Crippen LogP contribution in [-0.2, 0) is 11.3 Å². The Bertz CT molecular complexity index is 1100. The lowest BCUT2D eigenvalue weighted by atomic mass is 10.0. The van der Waals surface area contributed by atoms with Crippen molar-refractivity contribution in [3.63, 3.8) is 0 Å². The molecule has 1 aromatic carbocycles. The number of aliphatic imine (C=N–C) groups is 2. The highest BCUT2D eigenvalue weighted by Crippen LogP contribution is 2.42. The third-order valence-electron chi connectivity index (χ3n) is 7.01. The van der Waals surface area contributed by atoms with Crippen molar-refractivity contribution in [1.82, 2.24) is 14.4 Å². The van der Waals surface area contributed by atoms with Gasteiger partial charge in [0.15, 0.2) is 5.17 Å². The van der Waals surface area contributed by atoms with Crippen molar-refractivity contribution in [2.45, 2.75) is 58.5 Å². The van der Waals surface area contributed by atoms with Crippen LogP contribution >= 0.6 is 11.8 Å². The van der Waals surface area contributed by atoms with Gasteiger partial charge in [-0.25, -0.2) is 4.99 Å². The van der Waals surface area contributed by atoms with E-state index in [9.17, 15) is 4.79 Å². The van der Waals surface area contributed by atoms with E-state index in [1.807, 2.05) is 0 Å². The number of hydrogen-bond donors (Lipinski definition) is 0. The van der Waals surface area contributed by atoms with Crippen LogP contribution in [0.5, 0.6) is 0 Å². The van der Waals surface area contributed by atoms with Crippen LogP contribution in [0.3, 0.4) is 0 Å². The summed E-state index contributed by atoms with van der Waals surface area (Å²) >= 11 is 1.63. The summed E-state index contributed by atoms with van der Waals surface area (Å²) in [7, 11) is 0. The fourth-order valence-corrected chi connectivity index (χ4v) is 6.09. The van der Waals surface area contributed by atoms with Crippen LogP contribution in [0.15, 0.2) is 40.3 Å². The first kappa shape index (κ1) is 22.4. The summed E-state index contributed by atoms with van der Waals surface area (Å²) < 4.78 is 2.38. The summed E-state index contributed by atoms with van der Waals surface area (Å²) in [6.07, 6.45) is 7.56. The zero-order valence-corrected chi connectivity index (χ0v) is 20.7. The molecule has 1 atom stereocenters. The highest BCUT2D eigenvalue weighted by atomic mass is 32.2. The lowest BCUT2D eigenvalue weighted by Crippen LogP contribution is -2.48. The van der Waals surface area contributed by atoms with Crippen molar-refractivity contribution in [2.24, 2.45) is 9.98 Å². The summed E-state index contributed by atoms with van der Waals surface area (Å²) in [6.45, 7) is 8.70. The average molecular weight is 464 g/mol. The molecule has 0 bridgehead atoms. The normalized spacial score (nSPS) is 20.9. The molecule has 6 nitrogen and oxygen atoms in total. The molecule has 5 rings (SSSR count). The molecule has 3 aliphatic rings. The maximum atomic E-state index is 12.5. The zero-order chi connectivity index (χ0) is 22.9. The van der Waals surface area contributed by atoms with E-state index in [-0.39, 0.29) is 11.9 Å². The molecular weight excluding hydrogens is 430 g/mol. The average Bonchev–Trinajstić information content (AvgIpc) is 3.11. The number of thioether (sulfide) groups is 1. The fourth-order valence-electron chi connectivity index (χ4n) is 5.45. The minimum absolute atomic E-state index is 0.0411.